The molecule has 2 saturated heterocycles. The zero-order chi connectivity index (χ0) is 11.9. The minimum Gasteiger partial charge on any atom is -0.403 e. The van der Waals surface area contributed by atoms with E-state index < -0.39 is 37.8 Å². The van der Waals surface area contributed by atoms with Crippen molar-refractivity contribution in [1.29, 1.82) is 0 Å². The van der Waals surface area contributed by atoms with Crippen LogP contribution in [0.3, 0.4) is 0 Å². The number of aliphatic hydroxyl groups is 3. The van der Waals surface area contributed by atoms with Gasteiger partial charge < -0.3 is 29.4 Å². The Morgan fingerprint density at radius 1 is 1.19 bits per heavy atom. The molecule has 0 saturated carbocycles. The number of hydrogen-bond acceptors (Lipinski definition) is 6. The second kappa shape index (κ2) is 4.60. The molecule has 0 aromatic heterocycles. The molecule has 0 amide bonds. The van der Waals surface area contributed by atoms with Crippen LogP contribution in [0.4, 0.5) is 0 Å². The van der Waals surface area contributed by atoms with Crippen molar-refractivity contribution in [3.63, 3.8) is 0 Å². The Kier molecular flexibility index (Phi) is 3.53. The van der Waals surface area contributed by atoms with Crippen molar-refractivity contribution >= 4 is 7.12 Å². The third-order valence-electron chi connectivity index (χ3n) is 2.94. The van der Waals surface area contributed by atoms with Crippen LogP contribution >= 0.6 is 0 Å². The Morgan fingerprint density at radius 3 is 2.38 bits per heavy atom. The standard InChI is InChI=1S/C9H17BO6/c1-4(2)10-15-7-5(3-11)14-9(13)6(12)8(7)16-10/h4-9,11-13H,3H2,1-2H3/t5?,6?,7-,8-,9-/m0/s1. The lowest BCUT2D eigenvalue weighted by atomic mass is 9.75. The predicted molar refractivity (Wildman–Crippen MR) is 54.6 cm³/mol. The second-order valence-electron chi connectivity index (χ2n) is 4.55. The first-order valence-electron chi connectivity index (χ1n) is 5.48. The predicted octanol–water partition coefficient (Wildman–Crippen LogP) is -1.26. The topological polar surface area (TPSA) is 88.4 Å². The largest absolute Gasteiger partial charge is 0.460 e. The molecule has 0 aromatic carbocycles. The summed E-state index contributed by atoms with van der Waals surface area (Å²) in [6.45, 7) is 3.58. The summed E-state index contributed by atoms with van der Waals surface area (Å²) in [4.78, 5) is 0. The quantitative estimate of drug-likeness (QED) is 0.515. The molecule has 5 atom stereocenters. The Balaban J connectivity index is 2.12. The number of rotatable bonds is 2. The molecule has 7 heteroatoms. The molecule has 0 bridgehead atoms. The fraction of sp³-hybridized carbons (Fsp3) is 1.00. The van der Waals surface area contributed by atoms with Gasteiger partial charge in [-0.25, -0.2) is 0 Å². The highest BCUT2D eigenvalue weighted by Gasteiger charge is 2.53. The van der Waals surface area contributed by atoms with Crippen molar-refractivity contribution in [3.05, 3.63) is 0 Å². The smallest absolute Gasteiger partial charge is 0.403 e. The summed E-state index contributed by atoms with van der Waals surface area (Å²) >= 11 is 0. The minimum atomic E-state index is -1.34. The van der Waals surface area contributed by atoms with Gasteiger partial charge in [0, 0.05) is 0 Å². The molecule has 0 radical (unpaired) electrons. The first-order valence-corrected chi connectivity index (χ1v) is 5.48. The van der Waals surface area contributed by atoms with Gasteiger partial charge in [-0.2, -0.15) is 0 Å². The van der Waals surface area contributed by atoms with Gasteiger partial charge >= 0.3 is 7.12 Å². The molecule has 92 valence electrons. The third-order valence-corrected chi connectivity index (χ3v) is 2.94. The molecule has 2 fully saturated rings. The average Bonchev–Trinajstić information content (AvgIpc) is 2.68. The molecule has 6 nitrogen and oxygen atoms in total. The van der Waals surface area contributed by atoms with E-state index >= 15 is 0 Å². The molecule has 3 N–H and O–H groups in total. The van der Waals surface area contributed by atoms with E-state index in [2.05, 4.69) is 0 Å². The van der Waals surface area contributed by atoms with Crippen molar-refractivity contribution in [1.82, 2.24) is 0 Å². The molecule has 0 aliphatic carbocycles. The maximum absolute atomic E-state index is 9.70. The summed E-state index contributed by atoms with van der Waals surface area (Å²) in [5.74, 6) is 0.134. The Bertz CT molecular complexity index is 244. The van der Waals surface area contributed by atoms with Gasteiger partial charge in [-0.1, -0.05) is 13.8 Å². The van der Waals surface area contributed by atoms with Gasteiger partial charge in [0.15, 0.2) is 6.29 Å². The van der Waals surface area contributed by atoms with Crippen LogP contribution in [0, 0.1) is 0 Å². The molecule has 2 unspecified atom stereocenters. The van der Waals surface area contributed by atoms with Gasteiger partial charge in [0.05, 0.1) is 12.7 Å². The Labute approximate surface area is 94.3 Å². The van der Waals surface area contributed by atoms with Crippen molar-refractivity contribution in [2.45, 2.75) is 50.4 Å². The van der Waals surface area contributed by atoms with Crippen LogP contribution in [0.2, 0.25) is 5.82 Å². The van der Waals surface area contributed by atoms with Gasteiger partial charge in [0.25, 0.3) is 0 Å². The molecule has 16 heavy (non-hydrogen) atoms. The normalized spacial score (nSPS) is 43.9. The highest BCUT2D eigenvalue weighted by Crippen LogP contribution is 2.33. The van der Waals surface area contributed by atoms with Crippen molar-refractivity contribution < 1.29 is 29.4 Å². The van der Waals surface area contributed by atoms with Gasteiger partial charge in [-0.3, -0.25) is 0 Å². The first kappa shape index (κ1) is 12.3. The van der Waals surface area contributed by atoms with Crippen molar-refractivity contribution in [2.24, 2.45) is 0 Å². The number of hydrogen-bond donors (Lipinski definition) is 3. The van der Waals surface area contributed by atoms with Crippen molar-refractivity contribution in [3.8, 4) is 0 Å². The summed E-state index contributed by atoms with van der Waals surface area (Å²) in [7, 11) is -0.437. The zero-order valence-electron chi connectivity index (χ0n) is 9.31. The first-order chi connectivity index (χ1) is 7.54. The Hall–Kier alpha value is -0.175. The number of aliphatic hydroxyl groups excluding tert-OH is 3. The molecule has 2 aliphatic heterocycles. The van der Waals surface area contributed by atoms with E-state index in [0.717, 1.165) is 0 Å². The van der Waals surface area contributed by atoms with E-state index in [4.69, 9.17) is 19.2 Å². The van der Waals surface area contributed by atoms with Crippen LogP contribution in [0.25, 0.3) is 0 Å². The number of fused-ring (bicyclic) bond motifs is 1. The van der Waals surface area contributed by atoms with Crippen LogP contribution in [-0.4, -0.2) is 59.8 Å². The lowest BCUT2D eigenvalue weighted by Crippen LogP contribution is -2.57. The fourth-order valence-corrected chi connectivity index (χ4v) is 2.03. The lowest BCUT2D eigenvalue weighted by Gasteiger charge is -2.37. The van der Waals surface area contributed by atoms with Crippen LogP contribution in [0.1, 0.15) is 13.8 Å². The van der Waals surface area contributed by atoms with E-state index in [1.807, 2.05) is 13.8 Å². The van der Waals surface area contributed by atoms with Gasteiger partial charge in [0.1, 0.15) is 18.3 Å². The molecular formula is C9H17BO6. The highest BCUT2D eigenvalue weighted by molar-refractivity contribution is 6.46. The SMILES string of the molecule is CC(C)B1O[C@H]2C(CO)O[C@H](O)C(O)[C@@H]2O1. The second-order valence-corrected chi connectivity index (χ2v) is 4.55. The summed E-state index contributed by atoms with van der Waals surface area (Å²) in [6.07, 6.45) is -4.32. The number of ether oxygens (including phenoxy) is 1. The van der Waals surface area contributed by atoms with Crippen molar-refractivity contribution in [2.75, 3.05) is 6.61 Å². The molecule has 2 rings (SSSR count). The lowest BCUT2D eigenvalue weighted by molar-refractivity contribution is -0.264. The van der Waals surface area contributed by atoms with Crippen LogP contribution < -0.4 is 0 Å². The van der Waals surface area contributed by atoms with E-state index in [-0.39, 0.29) is 12.4 Å². The molecule has 2 heterocycles. The molecular weight excluding hydrogens is 215 g/mol. The molecule has 2 aliphatic rings. The maximum Gasteiger partial charge on any atom is 0.460 e. The van der Waals surface area contributed by atoms with E-state index in [0.29, 0.717) is 0 Å². The highest BCUT2D eigenvalue weighted by atomic mass is 16.7. The van der Waals surface area contributed by atoms with Crippen LogP contribution in [0.15, 0.2) is 0 Å². The summed E-state index contributed by atoms with van der Waals surface area (Å²) in [6, 6.07) is 0. The molecule has 0 aromatic rings. The summed E-state index contributed by atoms with van der Waals surface area (Å²) in [5.41, 5.74) is 0. The summed E-state index contributed by atoms with van der Waals surface area (Å²) in [5, 5.41) is 28.2. The van der Waals surface area contributed by atoms with Gasteiger partial charge in [-0.05, 0) is 5.82 Å². The maximum atomic E-state index is 9.70. The zero-order valence-corrected chi connectivity index (χ0v) is 9.31. The van der Waals surface area contributed by atoms with Gasteiger partial charge in [0.2, 0.25) is 0 Å². The van der Waals surface area contributed by atoms with Crippen LogP contribution in [0.5, 0.6) is 0 Å². The fourth-order valence-electron chi connectivity index (χ4n) is 2.03. The van der Waals surface area contributed by atoms with E-state index in [9.17, 15) is 10.2 Å². The average molecular weight is 232 g/mol. The third kappa shape index (κ3) is 1.99. The minimum absolute atomic E-state index is 0.134. The molecule has 0 spiro atoms. The Morgan fingerprint density at radius 2 is 1.81 bits per heavy atom. The van der Waals surface area contributed by atoms with E-state index in [1.54, 1.807) is 0 Å². The monoisotopic (exact) mass is 232 g/mol. The van der Waals surface area contributed by atoms with Crippen LogP contribution in [-0.2, 0) is 14.0 Å². The summed E-state index contributed by atoms with van der Waals surface area (Å²) < 4.78 is 16.1. The van der Waals surface area contributed by atoms with E-state index in [1.165, 1.54) is 0 Å². The van der Waals surface area contributed by atoms with Gasteiger partial charge in [-0.15, -0.1) is 0 Å².